The highest BCUT2D eigenvalue weighted by Gasteiger charge is 2.06. The van der Waals surface area contributed by atoms with Crippen LogP contribution in [0.3, 0.4) is 0 Å². The number of nitrogens with zero attached hydrogens (tertiary/aromatic N) is 2. The zero-order valence-corrected chi connectivity index (χ0v) is 9.12. The molecule has 1 aromatic carbocycles. The van der Waals surface area contributed by atoms with Gasteiger partial charge in [0.25, 0.3) is 0 Å². The lowest BCUT2D eigenvalue weighted by Crippen LogP contribution is -1.86. The third-order valence-corrected chi connectivity index (χ3v) is 2.40. The molecule has 2 rings (SSSR count). The van der Waals surface area contributed by atoms with E-state index >= 15 is 0 Å². The Labute approximate surface area is 89.6 Å². The molecule has 0 aliphatic rings. The number of aromatic amines is 1. The lowest BCUT2D eigenvalue weighted by molar-refractivity contribution is 0.841. The van der Waals surface area contributed by atoms with E-state index in [9.17, 15) is 0 Å². The predicted molar refractivity (Wildman–Crippen MR) is 60.6 cm³/mol. The summed E-state index contributed by atoms with van der Waals surface area (Å²) >= 11 is 0. The summed E-state index contributed by atoms with van der Waals surface area (Å²) in [5, 5.41) is 7.20. The third kappa shape index (κ3) is 2.06. The quantitative estimate of drug-likeness (QED) is 0.829. The summed E-state index contributed by atoms with van der Waals surface area (Å²) in [6.07, 6.45) is 2.04. The lowest BCUT2D eigenvalue weighted by atomic mass is 10.1. The number of H-pyrrole nitrogens is 1. The van der Waals surface area contributed by atoms with Crippen molar-refractivity contribution < 1.29 is 0 Å². The third-order valence-electron chi connectivity index (χ3n) is 2.40. The fourth-order valence-corrected chi connectivity index (χ4v) is 1.59. The second-order valence-corrected chi connectivity index (χ2v) is 3.67. The van der Waals surface area contributed by atoms with E-state index in [0.29, 0.717) is 0 Å². The minimum atomic E-state index is 0.802. The number of hydrogen-bond donors (Lipinski definition) is 1. The molecule has 3 heteroatoms. The van der Waals surface area contributed by atoms with Gasteiger partial charge in [-0.25, -0.2) is 4.98 Å². The van der Waals surface area contributed by atoms with Crippen LogP contribution in [0.1, 0.15) is 24.7 Å². The first-order valence-corrected chi connectivity index (χ1v) is 5.28. The number of rotatable bonds is 3. The Morgan fingerprint density at radius 2 is 2.07 bits per heavy atom. The highest BCUT2D eigenvalue weighted by Crippen LogP contribution is 2.18. The first-order chi connectivity index (χ1) is 7.31. The van der Waals surface area contributed by atoms with Crippen LogP contribution in [-0.4, -0.2) is 15.2 Å². The molecule has 0 spiro atoms. The summed E-state index contributed by atoms with van der Waals surface area (Å²) in [6.45, 7) is 4.21. The van der Waals surface area contributed by atoms with Crippen molar-refractivity contribution in [3.05, 3.63) is 35.7 Å². The number of aryl methyl sites for hydroxylation is 2. The molecule has 0 radical (unpaired) electrons. The van der Waals surface area contributed by atoms with Crippen LogP contribution in [0.4, 0.5) is 0 Å². The molecular formula is C12H15N3. The molecule has 2 aromatic rings. The van der Waals surface area contributed by atoms with Gasteiger partial charge in [-0.2, -0.15) is 5.10 Å². The van der Waals surface area contributed by atoms with E-state index in [1.54, 1.807) is 0 Å². The van der Waals surface area contributed by atoms with Crippen molar-refractivity contribution in [3.63, 3.8) is 0 Å². The molecule has 0 atom stereocenters. The number of aromatic nitrogens is 3. The van der Waals surface area contributed by atoms with Crippen molar-refractivity contribution in [1.82, 2.24) is 15.2 Å². The van der Waals surface area contributed by atoms with Gasteiger partial charge in [-0.1, -0.05) is 31.2 Å². The average molecular weight is 201 g/mol. The smallest absolute Gasteiger partial charge is 0.181 e. The fourth-order valence-electron chi connectivity index (χ4n) is 1.59. The molecule has 0 aliphatic heterocycles. The highest BCUT2D eigenvalue weighted by atomic mass is 15.2. The van der Waals surface area contributed by atoms with Crippen LogP contribution in [0.15, 0.2) is 24.3 Å². The number of benzene rings is 1. The molecule has 0 saturated heterocycles. The van der Waals surface area contributed by atoms with E-state index < -0.39 is 0 Å². The summed E-state index contributed by atoms with van der Waals surface area (Å²) in [7, 11) is 0. The largest absolute Gasteiger partial charge is 0.263 e. The summed E-state index contributed by atoms with van der Waals surface area (Å²) in [5.74, 6) is 1.77. The number of nitrogens with one attached hydrogen (secondary N) is 1. The molecule has 0 aliphatic carbocycles. The first kappa shape index (κ1) is 9.90. The van der Waals surface area contributed by atoms with Crippen molar-refractivity contribution in [1.29, 1.82) is 0 Å². The van der Waals surface area contributed by atoms with E-state index in [-0.39, 0.29) is 0 Å². The molecule has 0 saturated carbocycles. The van der Waals surface area contributed by atoms with Gasteiger partial charge in [0.2, 0.25) is 0 Å². The van der Waals surface area contributed by atoms with E-state index in [1.807, 2.05) is 18.2 Å². The van der Waals surface area contributed by atoms with Gasteiger partial charge in [-0.15, -0.1) is 0 Å². The van der Waals surface area contributed by atoms with Crippen LogP contribution in [0, 0.1) is 6.92 Å². The summed E-state index contributed by atoms with van der Waals surface area (Å²) < 4.78 is 0. The molecular weight excluding hydrogens is 186 g/mol. The minimum absolute atomic E-state index is 0.802. The molecule has 78 valence electrons. The fraction of sp³-hybridized carbons (Fsp3) is 0.333. The second-order valence-electron chi connectivity index (χ2n) is 3.67. The molecule has 0 amide bonds. The molecule has 3 nitrogen and oxygen atoms in total. The van der Waals surface area contributed by atoms with Crippen LogP contribution in [0.2, 0.25) is 0 Å². The standard InChI is InChI=1S/C12H15N3/c1-3-6-11-13-12(15-14-11)10-8-5-4-7-9(10)2/h4-5,7-8H,3,6H2,1-2H3,(H,13,14,15). The summed E-state index contributed by atoms with van der Waals surface area (Å²) in [5.41, 5.74) is 2.32. The van der Waals surface area contributed by atoms with Gasteiger partial charge in [0, 0.05) is 12.0 Å². The molecule has 1 N–H and O–H groups in total. The zero-order valence-electron chi connectivity index (χ0n) is 9.12. The SMILES string of the molecule is CCCc1nc(-c2ccccc2C)n[nH]1. The van der Waals surface area contributed by atoms with Gasteiger partial charge in [0.15, 0.2) is 5.82 Å². The maximum Gasteiger partial charge on any atom is 0.181 e. The van der Waals surface area contributed by atoms with Gasteiger partial charge in [-0.3, -0.25) is 5.10 Å². The van der Waals surface area contributed by atoms with Gasteiger partial charge < -0.3 is 0 Å². The molecule has 0 bridgehead atoms. The van der Waals surface area contributed by atoms with Crippen LogP contribution in [0.25, 0.3) is 11.4 Å². The summed E-state index contributed by atoms with van der Waals surface area (Å²) in [4.78, 5) is 4.46. The first-order valence-electron chi connectivity index (χ1n) is 5.28. The maximum absolute atomic E-state index is 4.46. The van der Waals surface area contributed by atoms with Gasteiger partial charge in [0.1, 0.15) is 5.82 Å². The van der Waals surface area contributed by atoms with Crippen molar-refractivity contribution >= 4 is 0 Å². The summed E-state index contributed by atoms with van der Waals surface area (Å²) in [6, 6.07) is 8.16. The van der Waals surface area contributed by atoms with Crippen LogP contribution in [-0.2, 0) is 6.42 Å². The van der Waals surface area contributed by atoms with E-state index in [0.717, 1.165) is 30.1 Å². The van der Waals surface area contributed by atoms with Crippen molar-refractivity contribution in [2.75, 3.05) is 0 Å². The normalized spacial score (nSPS) is 10.5. The van der Waals surface area contributed by atoms with Gasteiger partial charge in [-0.05, 0) is 18.9 Å². The van der Waals surface area contributed by atoms with Gasteiger partial charge >= 0.3 is 0 Å². The molecule has 1 aromatic heterocycles. The van der Waals surface area contributed by atoms with Crippen molar-refractivity contribution in [2.45, 2.75) is 26.7 Å². The van der Waals surface area contributed by atoms with Crippen LogP contribution >= 0.6 is 0 Å². The Bertz CT molecular complexity index is 446. The van der Waals surface area contributed by atoms with E-state index in [2.05, 4.69) is 35.1 Å². The van der Waals surface area contributed by atoms with Crippen molar-refractivity contribution in [2.24, 2.45) is 0 Å². The lowest BCUT2D eigenvalue weighted by Gasteiger charge is -1.98. The molecule has 15 heavy (non-hydrogen) atoms. The van der Waals surface area contributed by atoms with Gasteiger partial charge in [0.05, 0.1) is 0 Å². The van der Waals surface area contributed by atoms with Crippen LogP contribution in [0.5, 0.6) is 0 Å². The minimum Gasteiger partial charge on any atom is -0.263 e. The van der Waals surface area contributed by atoms with Crippen LogP contribution < -0.4 is 0 Å². The van der Waals surface area contributed by atoms with E-state index in [1.165, 1.54) is 5.56 Å². The molecule has 1 heterocycles. The highest BCUT2D eigenvalue weighted by molar-refractivity contribution is 5.59. The Kier molecular flexibility index (Phi) is 2.81. The molecule has 0 unspecified atom stereocenters. The van der Waals surface area contributed by atoms with Crippen molar-refractivity contribution in [3.8, 4) is 11.4 Å². The monoisotopic (exact) mass is 201 g/mol. The predicted octanol–water partition coefficient (Wildman–Crippen LogP) is 2.73. The second kappa shape index (κ2) is 4.26. The molecule has 0 fully saturated rings. The Morgan fingerprint density at radius 1 is 1.27 bits per heavy atom. The Hall–Kier alpha value is -1.64. The Morgan fingerprint density at radius 3 is 2.80 bits per heavy atom. The Balaban J connectivity index is 2.33. The maximum atomic E-state index is 4.46. The number of hydrogen-bond acceptors (Lipinski definition) is 2. The van der Waals surface area contributed by atoms with E-state index in [4.69, 9.17) is 0 Å². The zero-order chi connectivity index (χ0) is 10.7. The topological polar surface area (TPSA) is 41.6 Å². The average Bonchev–Trinajstić information content (AvgIpc) is 2.68.